The largest absolute Gasteiger partial charge is 0.390 e. The van der Waals surface area contributed by atoms with Crippen LogP contribution in [0, 0.1) is 52.2 Å². The van der Waals surface area contributed by atoms with Crippen molar-refractivity contribution in [3.8, 4) is 11.3 Å². The summed E-state index contributed by atoms with van der Waals surface area (Å²) in [5.41, 5.74) is 0.465. The van der Waals surface area contributed by atoms with Crippen molar-refractivity contribution in [3.63, 3.8) is 0 Å². The second-order valence-corrected chi connectivity index (χ2v) is 12.3. The quantitative estimate of drug-likeness (QED) is 0.404. The molecule has 0 heterocycles. The zero-order valence-corrected chi connectivity index (χ0v) is 20.1. The maximum Gasteiger partial charge on any atom is 0.130 e. The first-order chi connectivity index (χ1) is 14.1. The van der Waals surface area contributed by atoms with Crippen LogP contribution in [0.4, 0.5) is 0 Å². The summed E-state index contributed by atoms with van der Waals surface area (Å²) in [6.07, 6.45) is 13.7. The smallest absolute Gasteiger partial charge is 0.130 e. The highest BCUT2D eigenvalue weighted by Gasteiger charge is 2.57. The maximum absolute atomic E-state index is 10.8. The van der Waals surface area contributed by atoms with E-state index in [2.05, 4.69) is 31.2 Å². The van der Waals surface area contributed by atoms with Crippen LogP contribution in [-0.2, 0) is 0 Å². The van der Waals surface area contributed by atoms with Gasteiger partial charge in [0.2, 0.25) is 0 Å². The molecule has 2 nitrogen and oxygen atoms in total. The number of halogens is 1. The maximum atomic E-state index is 10.8. The molecule has 3 saturated carbocycles. The van der Waals surface area contributed by atoms with Crippen molar-refractivity contribution in [2.45, 2.75) is 103 Å². The van der Waals surface area contributed by atoms with Crippen molar-refractivity contribution < 1.29 is 10.2 Å². The lowest BCUT2D eigenvalue weighted by Gasteiger charge is -2.55. The van der Waals surface area contributed by atoms with Gasteiger partial charge in [0.1, 0.15) is 5.60 Å². The van der Waals surface area contributed by atoms with Crippen LogP contribution in [0.5, 0.6) is 0 Å². The summed E-state index contributed by atoms with van der Waals surface area (Å²) in [7, 11) is 0. The van der Waals surface area contributed by atoms with E-state index in [0.29, 0.717) is 23.7 Å². The molecular weight excluding hydrogens is 392 g/mol. The molecule has 0 aliphatic heterocycles. The lowest BCUT2D eigenvalue weighted by atomic mass is 9.50. The van der Waals surface area contributed by atoms with Crippen LogP contribution >= 0.6 is 11.6 Å². The van der Waals surface area contributed by atoms with Crippen molar-refractivity contribution in [1.82, 2.24) is 0 Å². The number of allylic oxidation sites excluding steroid dienone is 1. The van der Waals surface area contributed by atoms with Gasteiger partial charge in [0.15, 0.2) is 0 Å². The minimum Gasteiger partial charge on any atom is -0.390 e. The van der Waals surface area contributed by atoms with Crippen molar-refractivity contribution >= 4 is 11.6 Å². The number of aliphatic hydroxyl groups is 2. The highest BCUT2D eigenvalue weighted by Crippen LogP contribution is 2.65. The van der Waals surface area contributed by atoms with Gasteiger partial charge >= 0.3 is 0 Å². The molecule has 4 rings (SSSR count). The summed E-state index contributed by atoms with van der Waals surface area (Å²) in [6.45, 7) is 8.93. The van der Waals surface area contributed by atoms with Gasteiger partial charge < -0.3 is 10.2 Å². The Morgan fingerprint density at radius 2 is 1.97 bits per heavy atom. The van der Waals surface area contributed by atoms with Gasteiger partial charge in [-0.25, -0.2) is 0 Å². The first kappa shape index (κ1) is 22.7. The van der Waals surface area contributed by atoms with Crippen LogP contribution in [0.2, 0.25) is 0 Å². The predicted molar refractivity (Wildman–Crippen MR) is 124 cm³/mol. The van der Waals surface area contributed by atoms with Crippen LogP contribution in [0.15, 0.2) is 11.6 Å². The summed E-state index contributed by atoms with van der Waals surface area (Å²) in [6, 6.07) is 0. The molecule has 30 heavy (non-hydrogen) atoms. The number of fused-ring (bicyclic) bond motifs is 5. The molecule has 168 valence electrons. The van der Waals surface area contributed by atoms with Gasteiger partial charge in [0, 0.05) is 11.8 Å². The zero-order valence-electron chi connectivity index (χ0n) is 19.4. The van der Waals surface area contributed by atoms with Gasteiger partial charge in [-0.15, -0.1) is 0 Å². The third-order valence-electron chi connectivity index (χ3n) is 9.75. The lowest BCUT2D eigenvalue weighted by molar-refractivity contribution is -0.0367. The molecule has 0 spiro atoms. The molecule has 0 aromatic heterocycles. The fraction of sp³-hybridized carbons (Fsp3) is 0.852. The second kappa shape index (κ2) is 8.13. The Kier molecular flexibility index (Phi) is 6.15. The molecule has 8 unspecified atom stereocenters. The molecule has 2 N–H and O–H groups in total. The Bertz CT molecular complexity index is 740. The first-order valence-electron chi connectivity index (χ1n) is 12.3. The SMILES string of the molecule is CC(CCC(C)(C)O)C1CCC2C3CC=C4CC(O)(C#CCl)CCC4C3CCC12C. The lowest BCUT2D eigenvalue weighted by Crippen LogP contribution is -2.48. The summed E-state index contributed by atoms with van der Waals surface area (Å²) in [4.78, 5) is 0. The molecule has 0 amide bonds. The Morgan fingerprint density at radius 1 is 1.20 bits per heavy atom. The molecule has 0 bridgehead atoms. The van der Waals surface area contributed by atoms with E-state index in [4.69, 9.17) is 11.6 Å². The molecule has 3 heteroatoms. The second-order valence-electron chi connectivity index (χ2n) is 12.1. The van der Waals surface area contributed by atoms with E-state index >= 15 is 0 Å². The third-order valence-corrected chi connectivity index (χ3v) is 9.85. The van der Waals surface area contributed by atoms with Crippen molar-refractivity contribution in [1.29, 1.82) is 0 Å². The van der Waals surface area contributed by atoms with Gasteiger partial charge in [-0.2, -0.15) is 0 Å². The average Bonchev–Trinajstić information content (AvgIpc) is 3.02. The Balaban J connectivity index is 1.48. The number of hydrogen-bond acceptors (Lipinski definition) is 2. The molecule has 4 aliphatic rings. The van der Waals surface area contributed by atoms with Crippen LogP contribution in [0.3, 0.4) is 0 Å². The molecule has 4 aliphatic carbocycles. The van der Waals surface area contributed by atoms with Crippen LogP contribution in [-0.4, -0.2) is 21.4 Å². The average molecular weight is 433 g/mol. The van der Waals surface area contributed by atoms with Gasteiger partial charge in [0.25, 0.3) is 0 Å². The van der Waals surface area contributed by atoms with Crippen molar-refractivity contribution in [2.75, 3.05) is 0 Å². The van der Waals surface area contributed by atoms with E-state index < -0.39 is 11.2 Å². The first-order valence-corrected chi connectivity index (χ1v) is 12.7. The van der Waals surface area contributed by atoms with E-state index in [1.807, 2.05) is 13.8 Å². The summed E-state index contributed by atoms with van der Waals surface area (Å²) >= 11 is 5.62. The van der Waals surface area contributed by atoms with Gasteiger partial charge in [0.05, 0.1) is 5.60 Å². The van der Waals surface area contributed by atoms with E-state index in [9.17, 15) is 10.2 Å². The highest BCUT2D eigenvalue weighted by molar-refractivity contribution is 6.30. The molecule has 0 aromatic rings. The number of rotatable bonds is 4. The van der Waals surface area contributed by atoms with E-state index in [-0.39, 0.29) is 0 Å². The van der Waals surface area contributed by atoms with Crippen LogP contribution in [0.25, 0.3) is 0 Å². The monoisotopic (exact) mass is 432 g/mol. The molecule has 3 fully saturated rings. The van der Waals surface area contributed by atoms with Gasteiger partial charge in [-0.05, 0) is 124 Å². The molecule has 0 aromatic carbocycles. The van der Waals surface area contributed by atoms with E-state index in [0.717, 1.165) is 49.4 Å². The minimum absolute atomic E-state index is 0.463. The van der Waals surface area contributed by atoms with Crippen LogP contribution in [0.1, 0.15) is 91.9 Å². The molecule has 8 atom stereocenters. The van der Waals surface area contributed by atoms with E-state index in [1.165, 1.54) is 37.7 Å². The van der Waals surface area contributed by atoms with Gasteiger partial charge in [-0.1, -0.05) is 31.4 Å². The topological polar surface area (TPSA) is 40.5 Å². The standard InChI is InChI=1S/C27H41ClO2/c1-18(9-12-25(2,3)29)23-7-8-24-22-6-5-19-17-27(30,15-16-28)14-11-20(19)21(22)10-13-26(23,24)4/h5,18,20-24,29-30H,6-14,17H2,1-4H3. The van der Waals surface area contributed by atoms with Crippen molar-refractivity contribution in [3.05, 3.63) is 11.6 Å². The Morgan fingerprint density at radius 3 is 2.67 bits per heavy atom. The highest BCUT2D eigenvalue weighted by atomic mass is 35.5. The Labute approximate surface area is 188 Å². The van der Waals surface area contributed by atoms with E-state index in [1.54, 1.807) is 0 Å². The normalized spacial score (nSPS) is 44.1. The zero-order chi connectivity index (χ0) is 21.7. The molecule has 0 radical (unpaired) electrons. The summed E-state index contributed by atoms with van der Waals surface area (Å²) < 4.78 is 0. The van der Waals surface area contributed by atoms with Crippen molar-refractivity contribution in [2.24, 2.45) is 40.9 Å². The summed E-state index contributed by atoms with van der Waals surface area (Å²) in [5.74, 6) is 7.45. The van der Waals surface area contributed by atoms with Gasteiger partial charge in [-0.3, -0.25) is 0 Å². The summed E-state index contributed by atoms with van der Waals surface area (Å²) in [5, 5.41) is 23.4. The fourth-order valence-electron chi connectivity index (χ4n) is 8.24. The molecule has 0 saturated heterocycles. The minimum atomic E-state index is -0.908. The number of hydrogen-bond donors (Lipinski definition) is 2. The third kappa shape index (κ3) is 4.12. The fourth-order valence-corrected chi connectivity index (χ4v) is 8.42. The Hall–Kier alpha value is -0.490. The van der Waals surface area contributed by atoms with Crippen LogP contribution < -0.4 is 0 Å². The predicted octanol–water partition coefficient (Wildman–Crippen LogP) is 6.29. The molecular formula is C27H41ClO2.